The second kappa shape index (κ2) is 8.05. The van der Waals surface area contributed by atoms with E-state index in [4.69, 9.17) is 4.98 Å². The van der Waals surface area contributed by atoms with Crippen molar-refractivity contribution in [2.75, 3.05) is 19.6 Å². The Morgan fingerprint density at radius 2 is 1.90 bits per heavy atom. The lowest BCUT2D eigenvalue weighted by Gasteiger charge is -2.44. The first-order valence-electron chi connectivity index (χ1n) is 11.6. The van der Waals surface area contributed by atoms with Gasteiger partial charge < -0.3 is 10.2 Å². The zero-order valence-electron chi connectivity index (χ0n) is 17.6. The van der Waals surface area contributed by atoms with Gasteiger partial charge in [-0.15, -0.1) is 0 Å². The van der Waals surface area contributed by atoms with Crippen LogP contribution < -0.4 is 5.32 Å². The number of piperidine rings is 2. The van der Waals surface area contributed by atoms with Crippen molar-refractivity contribution in [2.24, 2.45) is 5.92 Å². The monoisotopic (exact) mass is 395 g/mol. The molecule has 1 saturated carbocycles. The lowest BCUT2D eigenvalue weighted by molar-refractivity contribution is 0.0576. The normalized spacial score (nSPS) is 26.0. The van der Waals surface area contributed by atoms with Crippen molar-refractivity contribution in [2.45, 2.75) is 76.8 Å². The Morgan fingerprint density at radius 3 is 2.76 bits per heavy atom. The van der Waals surface area contributed by atoms with Gasteiger partial charge in [0.05, 0.1) is 23.2 Å². The van der Waals surface area contributed by atoms with Gasteiger partial charge in [0, 0.05) is 18.3 Å². The minimum absolute atomic E-state index is 0.0272. The molecule has 2 aromatic rings. The first-order chi connectivity index (χ1) is 14.2. The number of nitrogens with zero attached hydrogens (tertiary/aromatic N) is 4. The number of hydrogen-bond donors (Lipinski definition) is 1. The van der Waals surface area contributed by atoms with Crippen LogP contribution in [-0.2, 0) is 0 Å². The summed E-state index contributed by atoms with van der Waals surface area (Å²) in [6.07, 6.45) is 13.1. The van der Waals surface area contributed by atoms with E-state index in [-0.39, 0.29) is 5.91 Å². The molecule has 0 bridgehead atoms. The maximum atomic E-state index is 13.2. The Bertz CT molecular complexity index is 883. The van der Waals surface area contributed by atoms with Crippen LogP contribution in [-0.4, -0.2) is 51.2 Å². The standard InChI is InChI=1S/C23H33N5O/c1-16-13-19(20-15-25-28(22(20)26-16)18-8-2-3-9-18)23(29)24-14-17-7-6-12-27-11-5-4-10-21(17)27/h13,15,17-18,21H,2-12,14H2,1H3,(H,24,29)/t17-,21-/m1/s1. The molecule has 3 aliphatic rings. The van der Waals surface area contributed by atoms with Crippen LogP contribution >= 0.6 is 0 Å². The Balaban J connectivity index is 1.34. The van der Waals surface area contributed by atoms with Gasteiger partial charge in [0.25, 0.3) is 5.91 Å². The smallest absolute Gasteiger partial charge is 0.252 e. The van der Waals surface area contributed by atoms with Crippen molar-refractivity contribution >= 4 is 16.9 Å². The van der Waals surface area contributed by atoms with Crippen LogP contribution in [0.15, 0.2) is 12.3 Å². The van der Waals surface area contributed by atoms with Crippen LogP contribution in [0, 0.1) is 12.8 Å². The molecule has 6 nitrogen and oxygen atoms in total. The van der Waals surface area contributed by atoms with E-state index in [1.807, 2.05) is 19.2 Å². The average Bonchev–Trinajstić information content (AvgIpc) is 3.41. The van der Waals surface area contributed by atoms with Crippen molar-refractivity contribution in [1.29, 1.82) is 0 Å². The highest BCUT2D eigenvalue weighted by Crippen LogP contribution is 2.33. The van der Waals surface area contributed by atoms with Crippen LogP contribution in [0.1, 0.15) is 79.9 Å². The van der Waals surface area contributed by atoms with E-state index in [2.05, 4.69) is 20.0 Å². The first-order valence-corrected chi connectivity index (χ1v) is 11.6. The summed E-state index contributed by atoms with van der Waals surface area (Å²) in [6, 6.07) is 3.01. The molecule has 2 aromatic heterocycles. The number of rotatable bonds is 4. The van der Waals surface area contributed by atoms with Gasteiger partial charge >= 0.3 is 0 Å². The largest absolute Gasteiger partial charge is 0.352 e. The van der Waals surface area contributed by atoms with E-state index in [0.29, 0.717) is 18.0 Å². The van der Waals surface area contributed by atoms with Crippen molar-refractivity contribution in [3.63, 3.8) is 0 Å². The van der Waals surface area contributed by atoms with Gasteiger partial charge in [-0.05, 0) is 70.5 Å². The fourth-order valence-corrected chi connectivity index (χ4v) is 5.88. The lowest BCUT2D eigenvalue weighted by atomic mass is 9.83. The molecule has 5 rings (SSSR count). The van der Waals surface area contributed by atoms with Crippen LogP contribution in [0.4, 0.5) is 0 Å². The number of carbonyl (C=O) groups is 1. The highest BCUT2D eigenvalue weighted by atomic mass is 16.1. The second-order valence-electron chi connectivity index (χ2n) is 9.29. The average molecular weight is 396 g/mol. The number of fused-ring (bicyclic) bond motifs is 2. The van der Waals surface area contributed by atoms with Gasteiger partial charge in [-0.25, -0.2) is 9.67 Å². The molecule has 29 heavy (non-hydrogen) atoms. The highest BCUT2D eigenvalue weighted by Gasteiger charge is 2.33. The summed E-state index contributed by atoms with van der Waals surface area (Å²) in [4.78, 5) is 20.6. The van der Waals surface area contributed by atoms with Crippen LogP contribution in [0.2, 0.25) is 0 Å². The van der Waals surface area contributed by atoms with E-state index < -0.39 is 0 Å². The summed E-state index contributed by atoms with van der Waals surface area (Å²) in [6.45, 7) is 5.22. The number of nitrogens with one attached hydrogen (secondary N) is 1. The molecule has 1 amide bonds. The van der Waals surface area contributed by atoms with Gasteiger partial charge in [0.2, 0.25) is 0 Å². The van der Waals surface area contributed by atoms with E-state index in [0.717, 1.165) is 41.7 Å². The third kappa shape index (κ3) is 3.67. The Morgan fingerprint density at radius 1 is 1.10 bits per heavy atom. The number of pyridine rings is 1. The first kappa shape index (κ1) is 19.0. The summed E-state index contributed by atoms with van der Waals surface area (Å²) in [7, 11) is 0. The zero-order chi connectivity index (χ0) is 19.8. The Labute approximate surface area is 173 Å². The number of hydrogen-bond acceptors (Lipinski definition) is 4. The number of aromatic nitrogens is 3. The van der Waals surface area contributed by atoms with Crippen LogP contribution in [0.25, 0.3) is 11.0 Å². The summed E-state index contributed by atoms with van der Waals surface area (Å²) < 4.78 is 2.06. The predicted octanol–water partition coefficient (Wildman–Crippen LogP) is 3.85. The fourth-order valence-electron chi connectivity index (χ4n) is 5.88. The third-order valence-electron chi connectivity index (χ3n) is 7.36. The SMILES string of the molecule is Cc1cc(C(=O)NC[C@H]2CCCN3CCCC[C@H]23)c2cnn(C3CCCC3)c2n1. The molecule has 0 unspecified atom stereocenters. The van der Waals surface area contributed by atoms with E-state index in [1.165, 1.54) is 58.0 Å². The number of aryl methyl sites for hydroxylation is 1. The summed E-state index contributed by atoms with van der Waals surface area (Å²) in [5.74, 6) is 0.604. The lowest BCUT2D eigenvalue weighted by Crippen LogP contribution is -2.51. The Hall–Kier alpha value is -1.95. The van der Waals surface area contributed by atoms with E-state index in [1.54, 1.807) is 0 Å². The molecule has 0 aromatic carbocycles. The molecule has 156 valence electrons. The highest BCUT2D eigenvalue weighted by molar-refractivity contribution is 6.05. The topological polar surface area (TPSA) is 63.1 Å². The van der Waals surface area contributed by atoms with Crippen LogP contribution in [0.5, 0.6) is 0 Å². The molecule has 2 saturated heterocycles. The second-order valence-corrected chi connectivity index (χ2v) is 9.29. The predicted molar refractivity (Wildman–Crippen MR) is 114 cm³/mol. The molecule has 4 heterocycles. The molecule has 2 atom stereocenters. The zero-order valence-corrected chi connectivity index (χ0v) is 17.6. The minimum atomic E-state index is 0.0272. The molecule has 3 fully saturated rings. The van der Waals surface area contributed by atoms with Gasteiger partial charge in [-0.2, -0.15) is 5.10 Å². The van der Waals surface area contributed by atoms with Gasteiger partial charge in [0.1, 0.15) is 0 Å². The van der Waals surface area contributed by atoms with Crippen molar-refractivity contribution < 1.29 is 4.79 Å². The number of carbonyl (C=O) groups excluding carboxylic acids is 1. The summed E-state index contributed by atoms with van der Waals surface area (Å²) in [5, 5.41) is 8.79. The molecule has 1 N–H and O–H groups in total. The summed E-state index contributed by atoms with van der Waals surface area (Å²) >= 11 is 0. The van der Waals surface area contributed by atoms with Gasteiger partial charge in [0.15, 0.2) is 5.65 Å². The molecule has 1 aliphatic carbocycles. The van der Waals surface area contributed by atoms with Gasteiger partial charge in [-0.1, -0.05) is 19.3 Å². The van der Waals surface area contributed by atoms with Crippen molar-refractivity contribution in [1.82, 2.24) is 25.0 Å². The molecular formula is C23H33N5O. The maximum Gasteiger partial charge on any atom is 0.252 e. The third-order valence-corrected chi connectivity index (χ3v) is 7.36. The van der Waals surface area contributed by atoms with Crippen molar-refractivity contribution in [3.05, 3.63) is 23.5 Å². The van der Waals surface area contributed by atoms with Gasteiger partial charge in [-0.3, -0.25) is 4.79 Å². The number of amides is 1. The van der Waals surface area contributed by atoms with Crippen LogP contribution in [0.3, 0.4) is 0 Å². The fraction of sp³-hybridized carbons (Fsp3) is 0.696. The quantitative estimate of drug-likeness (QED) is 0.854. The molecule has 6 heteroatoms. The minimum Gasteiger partial charge on any atom is -0.352 e. The molecular weight excluding hydrogens is 362 g/mol. The van der Waals surface area contributed by atoms with Crippen molar-refractivity contribution in [3.8, 4) is 0 Å². The molecule has 0 radical (unpaired) electrons. The van der Waals surface area contributed by atoms with E-state index in [9.17, 15) is 4.79 Å². The summed E-state index contributed by atoms with van der Waals surface area (Å²) in [5.41, 5.74) is 2.49. The molecule has 2 aliphatic heterocycles. The van der Waals surface area contributed by atoms with E-state index >= 15 is 0 Å². The molecule has 0 spiro atoms. The Kier molecular flexibility index (Phi) is 5.29. The maximum absolute atomic E-state index is 13.2.